The Labute approximate surface area is 61.9 Å². The van der Waals surface area contributed by atoms with Crippen molar-refractivity contribution in [1.82, 2.24) is 0 Å². The van der Waals surface area contributed by atoms with Crippen molar-refractivity contribution in [2.24, 2.45) is 0 Å². The van der Waals surface area contributed by atoms with Crippen LogP contribution in [0.25, 0.3) is 0 Å². The van der Waals surface area contributed by atoms with Crippen molar-refractivity contribution in [3.63, 3.8) is 0 Å². The van der Waals surface area contributed by atoms with Crippen LogP contribution in [0, 0.1) is 12.3 Å². The second-order valence-electron chi connectivity index (χ2n) is 1.91. The fourth-order valence-electron chi connectivity index (χ4n) is 0.534. The zero-order valence-corrected chi connectivity index (χ0v) is 6.41. The molecule has 0 heterocycles. The van der Waals surface area contributed by atoms with Crippen molar-refractivity contribution in [2.45, 2.75) is 19.8 Å². The lowest BCUT2D eigenvalue weighted by Crippen LogP contribution is -1.74. The SMILES string of the molecule is C#CC/C(C)=C/CCCl. The third kappa shape index (κ3) is 5.46. The maximum absolute atomic E-state index is 5.45. The van der Waals surface area contributed by atoms with E-state index in [4.69, 9.17) is 18.0 Å². The summed E-state index contributed by atoms with van der Waals surface area (Å²) in [4.78, 5) is 0. The average molecular weight is 143 g/mol. The predicted octanol–water partition coefficient (Wildman–Crippen LogP) is 2.58. The highest BCUT2D eigenvalue weighted by molar-refractivity contribution is 6.17. The minimum atomic E-state index is 0.682. The van der Waals surface area contributed by atoms with Crippen LogP contribution in [0.2, 0.25) is 0 Å². The first-order valence-electron chi connectivity index (χ1n) is 2.96. The van der Waals surface area contributed by atoms with Crippen molar-refractivity contribution in [3.8, 4) is 12.3 Å². The first-order chi connectivity index (χ1) is 4.31. The Morgan fingerprint density at radius 3 is 2.89 bits per heavy atom. The Bertz CT molecular complexity index is 128. The van der Waals surface area contributed by atoms with Gasteiger partial charge in [0.25, 0.3) is 0 Å². The van der Waals surface area contributed by atoms with Crippen LogP contribution in [0.1, 0.15) is 19.8 Å². The van der Waals surface area contributed by atoms with Gasteiger partial charge in [0.1, 0.15) is 0 Å². The Hall–Kier alpha value is -0.410. The summed E-state index contributed by atoms with van der Waals surface area (Å²) in [6, 6.07) is 0. The first-order valence-corrected chi connectivity index (χ1v) is 3.49. The molecule has 0 aromatic carbocycles. The summed E-state index contributed by atoms with van der Waals surface area (Å²) in [5.74, 6) is 3.25. The van der Waals surface area contributed by atoms with E-state index >= 15 is 0 Å². The van der Waals surface area contributed by atoms with Gasteiger partial charge in [-0.2, -0.15) is 0 Å². The molecule has 0 N–H and O–H groups in total. The predicted molar refractivity (Wildman–Crippen MR) is 42.5 cm³/mol. The van der Waals surface area contributed by atoms with E-state index in [-0.39, 0.29) is 0 Å². The number of allylic oxidation sites excluding steroid dienone is 2. The topological polar surface area (TPSA) is 0 Å². The summed E-state index contributed by atoms with van der Waals surface area (Å²) in [6.45, 7) is 2.02. The van der Waals surface area contributed by atoms with Gasteiger partial charge in [-0.1, -0.05) is 11.6 Å². The standard InChI is InChI=1S/C8H11Cl/c1-3-5-8(2)6-4-7-9/h1,6H,4-5,7H2,2H3/b8-6+. The van der Waals surface area contributed by atoms with Gasteiger partial charge in [-0.15, -0.1) is 23.9 Å². The van der Waals surface area contributed by atoms with Crippen LogP contribution in [0.4, 0.5) is 0 Å². The molecule has 50 valence electrons. The molecule has 9 heavy (non-hydrogen) atoms. The van der Waals surface area contributed by atoms with Crippen molar-refractivity contribution < 1.29 is 0 Å². The number of rotatable bonds is 3. The lowest BCUT2D eigenvalue weighted by molar-refractivity contribution is 1.14. The molecule has 0 bridgehead atoms. The largest absolute Gasteiger partial charge is 0.126 e. The average Bonchev–Trinajstić information content (AvgIpc) is 1.85. The van der Waals surface area contributed by atoms with Gasteiger partial charge in [0.05, 0.1) is 0 Å². The molecule has 0 saturated heterocycles. The van der Waals surface area contributed by atoms with Gasteiger partial charge >= 0.3 is 0 Å². The second-order valence-corrected chi connectivity index (χ2v) is 2.29. The van der Waals surface area contributed by atoms with E-state index in [0.717, 1.165) is 12.8 Å². The zero-order chi connectivity index (χ0) is 7.11. The highest BCUT2D eigenvalue weighted by Crippen LogP contribution is 1.99. The summed E-state index contributed by atoms with van der Waals surface area (Å²) >= 11 is 5.45. The molecule has 0 unspecified atom stereocenters. The van der Waals surface area contributed by atoms with Crippen LogP contribution in [0.5, 0.6) is 0 Å². The molecule has 0 nitrogen and oxygen atoms in total. The van der Waals surface area contributed by atoms with E-state index in [9.17, 15) is 0 Å². The second kappa shape index (κ2) is 5.72. The zero-order valence-electron chi connectivity index (χ0n) is 5.65. The summed E-state index contributed by atoms with van der Waals surface area (Å²) in [6.07, 6.45) is 8.83. The van der Waals surface area contributed by atoms with Crippen LogP contribution >= 0.6 is 11.6 Å². The molecule has 0 amide bonds. The first kappa shape index (κ1) is 8.59. The molecule has 0 saturated carbocycles. The summed E-state index contributed by atoms with van der Waals surface area (Å²) < 4.78 is 0. The molecule has 0 fully saturated rings. The van der Waals surface area contributed by atoms with Gasteiger partial charge in [0, 0.05) is 12.3 Å². The summed E-state index contributed by atoms with van der Waals surface area (Å²) in [5, 5.41) is 0. The molecule has 0 aromatic heterocycles. The van der Waals surface area contributed by atoms with Gasteiger partial charge in [-0.3, -0.25) is 0 Å². The third-order valence-electron chi connectivity index (χ3n) is 0.983. The highest BCUT2D eigenvalue weighted by Gasteiger charge is 1.82. The maximum atomic E-state index is 5.45. The van der Waals surface area contributed by atoms with Crippen molar-refractivity contribution in [2.75, 3.05) is 5.88 Å². The van der Waals surface area contributed by atoms with E-state index in [2.05, 4.69) is 12.0 Å². The normalized spacial score (nSPS) is 11.0. The van der Waals surface area contributed by atoms with Crippen molar-refractivity contribution in [1.29, 1.82) is 0 Å². The lowest BCUT2D eigenvalue weighted by Gasteiger charge is -1.90. The van der Waals surface area contributed by atoms with Crippen LogP contribution in [0.3, 0.4) is 0 Å². The van der Waals surface area contributed by atoms with Crippen LogP contribution in [-0.4, -0.2) is 5.88 Å². The Kier molecular flexibility index (Phi) is 5.46. The van der Waals surface area contributed by atoms with Gasteiger partial charge < -0.3 is 0 Å². The summed E-state index contributed by atoms with van der Waals surface area (Å²) in [7, 11) is 0. The minimum Gasteiger partial charge on any atom is -0.126 e. The van der Waals surface area contributed by atoms with Crippen molar-refractivity contribution in [3.05, 3.63) is 11.6 Å². The van der Waals surface area contributed by atoms with E-state index in [1.54, 1.807) is 0 Å². The third-order valence-corrected chi connectivity index (χ3v) is 1.20. The quantitative estimate of drug-likeness (QED) is 0.323. The molecular weight excluding hydrogens is 132 g/mol. The monoisotopic (exact) mass is 142 g/mol. The summed E-state index contributed by atoms with van der Waals surface area (Å²) in [5.41, 5.74) is 1.23. The van der Waals surface area contributed by atoms with Gasteiger partial charge in [0.2, 0.25) is 0 Å². The molecule has 0 atom stereocenters. The van der Waals surface area contributed by atoms with Gasteiger partial charge in [-0.25, -0.2) is 0 Å². The molecule has 0 rings (SSSR count). The number of hydrogen-bond donors (Lipinski definition) is 0. The minimum absolute atomic E-state index is 0.682. The van der Waals surface area contributed by atoms with E-state index in [0.29, 0.717) is 5.88 Å². The molecule has 0 aliphatic rings. The number of halogens is 1. The van der Waals surface area contributed by atoms with Gasteiger partial charge in [0.15, 0.2) is 0 Å². The molecule has 0 radical (unpaired) electrons. The van der Waals surface area contributed by atoms with E-state index < -0.39 is 0 Å². The highest BCUT2D eigenvalue weighted by atomic mass is 35.5. The molecule has 0 aromatic rings. The van der Waals surface area contributed by atoms with Crippen LogP contribution in [0.15, 0.2) is 11.6 Å². The number of hydrogen-bond acceptors (Lipinski definition) is 0. The lowest BCUT2D eigenvalue weighted by atomic mass is 10.2. The van der Waals surface area contributed by atoms with Crippen molar-refractivity contribution >= 4 is 11.6 Å². The molecule has 0 aliphatic carbocycles. The Morgan fingerprint density at radius 2 is 2.44 bits per heavy atom. The Morgan fingerprint density at radius 1 is 1.78 bits per heavy atom. The molecule has 0 aliphatic heterocycles. The number of alkyl halides is 1. The number of terminal acetylenes is 1. The van der Waals surface area contributed by atoms with Crippen LogP contribution < -0.4 is 0 Å². The van der Waals surface area contributed by atoms with E-state index in [1.807, 2.05) is 6.92 Å². The molecule has 1 heteroatoms. The fourth-order valence-corrected chi connectivity index (χ4v) is 0.643. The van der Waals surface area contributed by atoms with Crippen LogP contribution in [-0.2, 0) is 0 Å². The Balaban J connectivity index is 3.46. The van der Waals surface area contributed by atoms with Gasteiger partial charge in [-0.05, 0) is 13.3 Å². The maximum Gasteiger partial charge on any atom is 0.0293 e. The molecular formula is C8H11Cl. The fraction of sp³-hybridized carbons (Fsp3) is 0.500. The molecule has 0 spiro atoms. The smallest absolute Gasteiger partial charge is 0.0293 e. The van der Waals surface area contributed by atoms with E-state index in [1.165, 1.54) is 5.57 Å².